The average Bonchev–Trinajstić information content (AvgIpc) is 2.61. The molecule has 1 atom stereocenters. The zero-order chi connectivity index (χ0) is 11.1. The van der Waals surface area contributed by atoms with Crippen molar-refractivity contribution in [1.29, 1.82) is 0 Å². The van der Waals surface area contributed by atoms with Crippen LogP contribution in [0.2, 0.25) is 0 Å². The van der Waals surface area contributed by atoms with Crippen LogP contribution in [0, 0.1) is 5.92 Å². The van der Waals surface area contributed by atoms with Crippen molar-refractivity contribution >= 4 is 0 Å². The van der Waals surface area contributed by atoms with Crippen LogP contribution in [-0.4, -0.2) is 32.5 Å². The number of alkyl halides is 3. The van der Waals surface area contributed by atoms with E-state index in [4.69, 9.17) is 4.74 Å². The van der Waals surface area contributed by atoms with Crippen LogP contribution in [0.1, 0.15) is 25.7 Å². The van der Waals surface area contributed by atoms with Crippen LogP contribution >= 0.6 is 0 Å². The summed E-state index contributed by atoms with van der Waals surface area (Å²) in [6.45, 7) is 2.88. The fourth-order valence-electron chi connectivity index (χ4n) is 1.69. The van der Waals surface area contributed by atoms with E-state index in [2.05, 4.69) is 5.32 Å². The van der Waals surface area contributed by atoms with Gasteiger partial charge in [-0.2, -0.15) is 13.2 Å². The van der Waals surface area contributed by atoms with Gasteiger partial charge in [-0.3, -0.25) is 0 Å². The summed E-state index contributed by atoms with van der Waals surface area (Å²) in [5, 5.41) is 3.24. The highest BCUT2D eigenvalue weighted by Gasteiger charge is 2.25. The Bertz CT molecular complexity index is 167. The molecule has 5 heteroatoms. The van der Waals surface area contributed by atoms with E-state index in [0.29, 0.717) is 12.5 Å². The van der Waals surface area contributed by atoms with Crippen LogP contribution in [0.25, 0.3) is 0 Å². The molecule has 0 aromatic carbocycles. The lowest BCUT2D eigenvalue weighted by Crippen LogP contribution is -2.12. The highest BCUT2D eigenvalue weighted by atomic mass is 19.4. The van der Waals surface area contributed by atoms with Gasteiger partial charge < -0.3 is 10.1 Å². The molecule has 1 rings (SSSR count). The summed E-state index contributed by atoms with van der Waals surface area (Å²) >= 11 is 0. The number of hydrogen-bond acceptors (Lipinski definition) is 2. The molecule has 0 saturated carbocycles. The molecule has 2 nitrogen and oxygen atoms in total. The van der Waals surface area contributed by atoms with Crippen LogP contribution in [0.4, 0.5) is 13.2 Å². The van der Waals surface area contributed by atoms with E-state index in [1.807, 2.05) is 0 Å². The monoisotopic (exact) mass is 225 g/mol. The first-order valence-electron chi connectivity index (χ1n) is 5.43. The van der Waals surface area contributed by atoms with E-state index >= 15 is 0 Å². The third-order valence-electron chi connectivity index (χ3n) is 2.58. The van der Waals surface area contributed by atoms with Crippen molar-refractivity contribution in [2.24, 2.45) is 5.92 Å². The fourth-order valence-corrected chi connectivity index (χ4v) is 1.69. The smallest absolute Gasteiger partial charge is 0.381 e. The van der Waals surface area contributed by atoms with Gasteiger partial charge in [-0.15, -0.1) is 0 Å². The van der Waals surface area contributed by atoms with Crippen molar-refractivity contribution in [3.63, 3.8) is 0 Å². The second kappa shape index (κ2) is 6.33. The van der Waals surface area contributed by atoms with Gasteiger partial charge in [0.2, 0.25) is 0 Å². The van der Waals surface area contributed by atoms with Crippen molar-refractivity contribution in [2.45, 2.75) is 31.9 Å². The van der Waals surface area contributed by atoms with Crippen molar-refractivity contribution < 1.29 is 17.9 Å². The average molecular weight is 225 g/mol. The summed E-state index contributed by atoms with van der Waals surface area (Å²) in [7, 11) is 0. The molecule has 1 aliphatic heterocycles. The number of ether oxygens (including phenoxy) is 1. The van der Waals surface area contributed by atoms with Gasteiger partial charge in [0, 0.05) is 19.6 Å². The summed E-state index contributed by atoms with van der Waals surface area (Å²) < 4.78 is 40.4. The molecular weight excluding hydrogens is 207 g/mol. The fraction of sp³-hybridized carbons (Fsp3) is 1.00. The van der Waals surface area contributed by atoms with Gasteiger partial charge in [0.15, 0.2) is 0 Å². The Labute approximate surface area is 88.2 Å². The summed E-state index contributed by atoms with van der Waals surface area (Å²) in [5.74, 6) is 0.646. The first kappa shape index (κ1) is 12.8. The van der Waals surface area contributed by atoms with Crippen molar-refractivity contribution in [2.75, 3.05) is 26.3 Å². The molecule has 0 bridgehead atoms. The minimum Gasteiger partial charge on any atom is -0.381 e. The number of halogens is 3. The maximum Gasteiger partial charge on any atom is 0.389 e. The molecule has 1 unspecified atom stereocenters. The minimum absolute atomic E-state index is 0.0758. The topological polar surface area (TPSA) is 21.3 Å². The van der Waals surface area contributed by atoms with Crippen LogP contribution in [-0.2, 0) is 4.74 Å². The van der Waals surface area contributed by atoms with Crippen LogP contribution in [0.15, 0.2) is 0 Å². The summed E-state index contributed by atoms with van der Waals surface area (Å²) in [6.07, 6.45) is -2.59. The van der Waals surface area contributed by atoms with Gasteiger partial charge in [0.25, 0.3) is 0 Å². The van der Waals surface area contributed by atoms with Gasteiger partial charge in [0.1, 0.15) is 0 Å². The Balaban J connectivity index is 1.84. The Kier molecular flexibility index (Phi) is 5.39. The molecule has 1 fully saturated rings. The van der Waals surface area contributed by atoms with Gasteiger partial charge >= 0.3 is 6.18 Å². The molecule has 0 spiro atoms. The van der Waals surface area contributed by atoms with E-state index in [1.165, 1.54) is 0 Å². The highest BCUT2D eigenvalue weighted by Crippen LogP contribution is 2.21. The zero-order valence-corrected chi connectivity index (χ0v) is 8.78. The molecule has 1 heterocycles. The number of nitrogens with one attached hydrogen (secondary N) is 1. The molecule has 0 aromatic rings. The summed E-state index contributed by atoms with van der Waals surface area (Å²) in [6, 6.07) is 0. The van der Waals surface area contributed by atoms with Gasteiger partial charge in [-0.25, -0.2) is 0 Å². The van der Waals surface area contributed by atoms with Crippen molar-refractivity contribution in [3.8, 4) is 0 Å². The van der Waals surface area contributed by atoms with Crippen LogP contribution in [0.3, 0.4) is 0 Å². The van der Waals surface area contributed by atoms with Gasteiger partial charge in [-0.05, 0) is 38.3 Å². The molecular formula is C10H18F3NO. The summed E-state index contributed by atoms with van der Waals surface area (Å²) in [5.41, 5.74) is 0. The third-order valence-corrected chi connectivity index (χ3v) is 2.58. The lowest BCUT2D eigenvalue weighted by molar-refractivity contribution is -0.137. The second-order valence-electron chi connectivity index (χ2n) is 3.98. The Morgan fingerprint density at radius 2 is 2.07 bits per heavy atom. The molecule has 1 N–H and O–H groups in total. The maximum absolute atomic E-state index is 11.7. The molecule has 90 valence electrons. The zero-order valence-electron chi connectivity index (χ0n) is 8.78. The minimum atomic E-state index is -4.04. The van der Waals surface area contributed by atoms with E-state index in [0.717, 1.165) is 25.9 Å². The summed E-state index contributed by atoms with van der Waals surface area (Å²) in [4.78, 5) is 0. The molecule has 15 heavy (non-hydrogen) atoms. The first-order chi connectivity index (χ1) is 7.08. The lowest BCUT2D eigenvalue weighted by atomic mass is 10.1. The lowest BCUT2D eigenvalue weighted by Gasteiger charge is -2.09. The number of hydrogen-bond donors (Lipinski definition) is 1. The molecule has 0 aromatic heterocycles. The predicted octanol–water partition coefficient (Wildman–Crippen LogP) is 2.35. The molecule has 1 saturated heterocycles. The second-order valence-corrected chi connectivity index (χ2v) is 3.98. The van der Waals surface area contributed by atoms with Crippen LogP contribution in [0.5, 0.6) is 0 Å². The molecule has 1 aliphatic rings. The normalized spacial score (nSPS) is 22.2. The Hall–Kier alpha value is -0.290. The maximum atomic E-state index is 11.7. The van der Waals surface area contributed by atoms with Crippen LogP contribution < -0.4 is 5.32 Å². The Morgan fingerprint density at radius 3 is 2.67 bits per heavy atom. The highest BCUT2D eigenvalue weighted by molar-refractivity contribution is 4.70. The molecule has 0 aliphatic carbocycles. The quantitative estimate of drug-likeness (QED) is 0.700. The molecule has 0 radical (unpaired) electrons. The third kappa shape index (κ3) is 6.73. The number of rotatable bonds is 6. The van der Waals surface area contributed by atoms with Gasteiger partial charge in [-0.1, -0.05) is 0 Å². The van der Waals surface area contributed by atoms with Crippen molar-refractivity contribution in [3.05, 3.63) is 0 Å². The standard InChI is InChI=1S/C10H18F3NO/c11-10(12,13)4-1-6-15-7-3-9-2-5-14-8-9/h9,14H,1-8H2. The van der Waals surface area contributed by atoms with Gasteiger partial charge in [0.05, 0.1) is 0 Å². The largest absolute Gasteiger partial charge is 0.389 e. The first-order valence-corrected chi connectivity index (χ1v) is 5.43. The molecule has 0 amide bonds. The van der Waals surface area contributed by atoms with Crippen molar-refractivity contribution in [1.82, 2.24) is 5.32 Å². The van der Waals surface area contributed by atoms with E-state index < -0.39 is 12.6 Å². The van der Waals surface area contributed by atoms with E-state index in [-0.39, 0.29) is 13.0 Å². The van der Waals surface area contributed by atoms with E-state index in [9.17, 15) is 13.2 Å². The predicted molar refractivity (Wildman–Crippen MR) is 51.7 cm³/mol. The van der Waals surface area contributed by atoms with E-state index in [1.54, 1.807) is 0 Å². The SMILES string of the molecule is FC(F)(F)CCCOCCC1CCNC1. The Morgan fingerprint density at radius 1 is 1.27 bits per heavy atom.